The highest BCUT2D eigenvalue weighted by Crippen LogP contribution is 2.28. The molecule has 1 saturated heterocycles. The van der Waals surface area contributed by atoms with Gasteiger partial charge in [-0.3, -0.25) is 9.11 Å². The number of aryl methyl sites for hydroxylation is 1. The topological polar surface area (TPSA) is 49.4 Å². The molecule has 0 amide bonds. The normalized spacial score (nSPS) is 17.7. The van der Waals surface area contributed by atoms with Crippen LogP contribution in [0.2, 0.25) is 0 Å². The third-order valence-electron chi connectivity index (χ3n) is 5.28. The molecule has 1 heterocycles. The summed E-state index contributed by atoms with van der Waals surface area (Å²) in [5, 5.41) is 0. The zero-order chi connectivity index (χ0) is 20.0. The third-order valence-corrected chi connectivity index (χ3v) is 6.68. The van der Waals surface area contributed by atoms with Crippen molar-refractivity contribution in [3.05, 3.63) is 59.7 Å². The molecule has 1 aliphatic rings. The number of anilines is 1. The van der Waals surface area contributed by atoms with Crippen molar-refractivity contribution in [1.29, 1.82) is 0 Å². The second-order valence-corrected chi connectivity index (χ2v) is 9.13. The molecule has 1 aliphatic heterocycles. The van der Waals surface area contributed by atoms with Crippen LogP contribution in [0.25, 0.3) is 0 Å². The van der Waals surface area contributed by atoms with Gasteiger partial charge in [0.15, 0.2) is 0 Å². The fourth-order valence-corrected chi connectivity index (χ4v) is 4.83. The average molecular weight is 405 g/mol. The first-order valence-corrected chi connectivity index (χ1v) is 11.5. The van der Waals surface area contributed by atoms with Gasteiger partial charge < -0.3 is 4.90 Å². The van der Waals surface area contributed by atoms with E-state index in [1.165, 1.54) is 12.0 Å². The van der Waals surface area contributed by atoms with Crippen LogP contribution in [0.5, 0.6) is 0 Å². The number of alkyl halides is 1. The zero-order valence-corrected chi connectivity index (χ0v) is 17.2. The highest BCUT2D eigenvalue weighted by Gasteiger charge is 2.23. The Hall–Kier alpha value is -1.92. The zero-order valence-electron chi connectivity index (χ0n) is 16.4. The molecule has 0 unspecified atom stereocenters. The molecule has 0 radical (unpaired) electrons. The molecule has 0 aromatic heterocycles. The summed E-state index contributed by atoms with van der Waals surface area (Å²) in [6.45, 7) is 5.18. The number of likely N-dealkylation sites (tertiary alicyclic amines) is 1. The second-order valence-electron chi connectivity index (χ2n) is 7.45. The minimum absolute atomic E-state index is 0.214. The van der Waals surface area contributed by atoms with E-state index in [0.717, 1.165) is 31.6 Å². The summed E-state index contributed by atoms with van der Waals surface area (Å²) in [5.41, 5.74) is 2.77. The van der Waals surface area contributed by atoms with Gasteiger partial charge in [0.25, 0.3) is 10.0 Å². The van der Waals surface area contributed by atoms with Crippen molar-refractivity contribution >= 4 is 15.7 Å². The van der Waals surface area contributed by atoms with E-state index in [1.807, 2.05) is 24.3 Å². The Balaban J connectivity index is 1.63. The maximum absolute atomic E-state index is 12.6. The van der Waals surface area contributed by atoms with Gasteiger partial charge in [-0.1, -0.05) is 31.2 Å². The molecular formula is C22H29FN2O2S. The van der Waals surface area contributed by atoms with Crippen LogP contribution in [0.4, 0.5) is 10.1 Å². The van der Waals surface area contributed by atoms with E-state index in [2.05, 4.69) is 16.5 Å². The predicted molar refractivity (Wildman–Crippen MR) is 112 cm³/mol. The van der Waals surface area contributed by atoms with Crippen molar-refractivity contribution in [2.75, 3.05) is 31.0 Å². The Morgan fingerprint density at radius 1 is 1.11 bits per heavy atom. The molecule has 0 spiro atoms. The van der Waals surface area contributed by atoms with Crippen molar-refractivity contribution in [2.45, 2.75) is 43.4 Å². The quantitative estimate of drug-likeness (QED) is 0.665. The summed E-state index contributed by atoms with van der Waals surface area (Å²) in [5.74, 6) is 0.522. The van der Waals surface area contributed by atoms with E-state index < -0.39 is 10.0 Å². The number of nitrogens with one attached hydrogen (secondary N) is 1. The molecule has 0 saturated carbocycles. The molecule has 4 nitrogen and oxygen atoms in total. The highest BCUT2D eigenvalue weighted by molar-refractivity contribution is 7.92. The van der Waals surface area contributed by atoms with Crippen molar-refractivity contribution in [3.8, 4) is 0 Å². The summed E-state index contributed by atoms with van der Waals surface area (Å²) < 4.78 is 40.1. The van der Waals surface area contributed by atoms with Gasteiger partial charge in [-0.05, 0) is 80.1 Å². The Morgan fingerprint density at radius 3 is 2.46 bits per heavy atom. The number of nitrogens with zero attached hydrogens (tertiary/aromatic N) is 1. The van der Waals surface area contributed by atoms with Crippen molar-refractivity contribution in [1.82, 2.24) is 4.90 Å². The average Bonchev–Trinajstić information content (AvgIpc) is 3.16. The first-order valence-electron chi connectivity index (χ1n) is 10.0. The lowest BCUT2D eigenvalue weighted by atomic mass is 9.98. The van der Waals surface area contributed by atoms with Crippen LogP contribution in [-0.2, 0) is 16.4 Å². The smallest absolute Gasteiger partial charge is 0.261 e. The third kappa shape index (κ3) is 5.32. The standard InChI is InChI=1S/C22H29FN2O2S/c1-2-15-25-16-13-20(17-25)19-7-9-21(10-8-19)24-28(26,27)22-11-5-18(6-12-22)4-3-14-23/h5-12,20,24H,2-4,13-17H2,1H3/t20-/m1/s1. The van der Waals surface area contributed by atoms with Crippen LogP contribution >= 0.6 is 0 Å². The second kappa shape index (κ2) is 9.52. The van der Waals surface area contributed by atoms with Gasteiger partial charge in [-0.2, -0.15) is 0 Å². The lowest BCUT2D eigenvalue weighted by molar-refractivity contribution is 0.335. The van der Waals surface area contributed by atoms with Crippen LogP contribution in [0.1, 0.15) is 43.2 Å². The van der Waals surface area contributed by atoms with Gasteiger partial charge in [0.1, 0.15) is 0 Å². The van der Waals surface area contributed by atoms with E-state index in [-0.39, 0.29) is 11.6 Å². The van der Waals surface area contributed by atoms with Gasteiger partial charge in [0.2, 0.25) is 0 Å². The van der Waals surface area contributed by atoms with Gasteiger partial charge in [0, 0.05) is 12.2 Å². The summed E-state index contributed by atoms with van der Waals surface area (Å²) >= 11 is 0. The number of rotatable bonds is 9. The minimum atomic E-state index is -3.63. The summed E-state index contributed by atoms with van der Waals surface area (Å²) in [6, 6.07) is 14.4. The molecule has 2 aromatic carbocycles. The number of hydrogen-bond acceptors (Lipinski definition) is 3. The Kier molecular flexibility index (Phi) is 7.08. The van der Waals surface area contributed by atoms with Gasteiger partial charge in [-0.15, -0.1) is 0 Å². The monoisotopic (exact) mass is 404 g/mol. The molecular weight excluding hydrogens is 375 g/mol. The first-order chi connectivity index (χ1) is 13.5. The van der Waals surface area contributed by atoms with Crippen molar-refractivity contribution in [3.63, 3.8) is 0 Å². The fourth-order valence-electron chi connectivity index (χ4n) is 3.77. The van der Waals surface area contributed by atoms with Crippen molar-refractivity contribution < 1.29 is 12.8 Å². The summed E-state index contributed by atoms with van der Waals surface area (Å²) in [6.07, 6.45) is 3.39. The van der Waals surface area contributed by atoms with Gasteiger partial charge >= 0.3 is 0 Å². The molecule has 3 rings (SSSR count). The Labute approximate surface area is 167 Å². The SMILES string of the molecule is CCCN1CC[C@@H](c2ccc(NS(=O)(=O)c3ccc(CCCF)cc3)cc2)C1. The molecule has 28 heavy (non-hydrogen) atoms. The molecule has 1 atom stereocenters. The van der Waals surface area contributed by atoms with E-state index in [4.69, 9.17) is 0 Å². The molecule has 6 heteroatoms. The van der Waals surface area contributed by atoms with E-state index in [1.54, 1.807) is 24.3 Å². The number of halogens is 1. The maximum Gasteiger partial charge on any atom is 0.261 e. The van der Waals surface area contributed by atoms with Crippen molar-refractivity contribution in [2.24, 2.45) is 0 Å². The first kappa shape index (κ1) is 20.8. The Bertz CT molecular complexity index is 851. The highest BCUT2D eigenvalue weighted by atomic mass is 32.2. The Morgan fingerprint density at radius 2 is 1.82 bits per heavy atom. The number of hydrogen-bond donors (Lipinski definition) is 1. The summed E-state index contributed by atoms with van der Waals surface area (Å²) in [4.78, 5) is 2.70. The predicted octanol–water partition coefficient (Wildman–Crippen LogP) is 4.59. The van der Waals surface area contributed by atoms with Crippen LogP contribution in [-0.4, -0.2) is 39.6 Å². The molecule has 1 N–H and O–H groups in total. The lowest BCUT2D eigenvalue weighted by Crippen LogP contribution is -2.20. The van der Waals surface area contributed by atoms with Crippen LogP contribution in [0.3, 0.4) is 0 Å². The van der Waals surface area contributed by atoms with Crippen LogP contribution < -0.4 is 4.72 Å². The lowest BCUT2D eigenvalue weighted by Gasteiger charge is -2.15. The van der Waals surface area contributed by atoms with Gasteiger partial charge in [-0.25, -0.2) is 8.42 Å². The van der Waals surface area contributed by atoms with Gasteiger partial charge in [0.05, 0.1) is 11.6 Å². The molecule has 1 fully saturated rings. The molecule has 0 bridgehead atoms. The largest absolute Gasteiger partial charge is 0.303 e. The minimum Gasteiger partial charge on any atom is -0.303 e. The fraction of sp³-hybridized carbons (Fsp3) is 0.455. The number of sulfonamides is 1. The van der Waals surface area contributed by atoms with E-state index >= 15 is 0 Å². The summed E-state index contributed by atoms with van der Waals surface area (Å²) in [7, 11) is -3.63. The molecule has 2 aromatic rings. The van der Waals surface area contributed by atoms with Crippen LogP contribution in [0.15, 0.2) is 53.4 Å². The molecule has 0 aliphatic carbocycles. The maximum atomic E-state index is 12.6. The van der Waals surface area contributed by atoms with E-state index in [0.29, 0.717) is 24.4 Å². The van der Waals surface area contributed by atoms with Crippen LogP contribution in [0, 0.1) is 0 Å². The van der Waals surface area contributed by atoms with E-state index in [9.17, 15) is 12.8 Å². The molecule has 152 valence electrons. The number of benzene rings is 2.